The molecule has 7 nitrogen and oxygen atoms in total. The molecule has 27 heavy (non-hydrogen) atoms. The number of benzene rings is 2. The Morgan fingerprint density at radius 1 is 0.926 bits per heavy atom. The molecule has 0 aliphatic carbocycles. The van der Waals surface area contributed by atoms with Crippen molar-refractivity contribution in [3.63, 3.8) is 0 Å². The molecular formula is C20H14N6O. The van der Waals surface area contributed by atoms with E-state index >= 15 is 0 Å². The van der Waals surface area contributed by atoms with E-state index in [9.17, 15) is 10.1 Å². The van der Waals surface area contributed by atoms with E-state index in [0.29, 0.717) is 34.1 Å². The molecule has 0 saturated carbocycles. The SMILES string of the molecule is Cc1nc(Nc2ccccc2C#N)cc(C(=O)Nc2ccccc2C#N)n1. The van der Waals surface area contributed by atoms with Crippen molar-refractivity contribution in [2.75, 3.05) is 10.6 Å². The van der Waals surface area contributed by atoms with Crippen LogP contribution in [0.2, 0.25) is 0 Å². The highest BCUT2D eigenvalue weighted by Gasteiger charge is 2.13. The Bertz CT molecular complexity index is 1090. The molecule has 1 heterocycles. The summed E-state index contributed by atoms with van der Waals surface area (Å²) in [7, 11) is 0. The molecule has 2 aromatic carbocycles. The molecule has 130 valence electrons. The Morgan fingerprint density at radius 2 is 1.52 bits per heavy atom. The topological polar surface area (TPSA) is 114 Å². The number of nitrogens with one attached hydrogen (secondary N) is 2. The number of nitrogens with zero attached hydrogens (tertiary/aromatic N) is 4. The van der Waals surface area contributed by atoms with Crippen LogP contribution < -0.4 is 10.6 Å². The van der Waals surface area contributed by atoms with Crippen molar-refractivity contribution in [2.45, 2.75) is 6.92 Å². The van der Waals surface area contributed by atoms with E-state index < -0.39 is 5.91 Å². The molecule has 0 aliphatic heterocycles. The molecule has 3 rings (SSSR count). The Labute approximate surface area is 155 Å². The van der Waals surface area contributed by atoms with E-state index in [1.54, 1.807) is 55.5 Å². The predicted octanol–water partition coefficient (Wildman–Crippen LogP) is 3.52. The van der Waals surface area contributed by atoms with Gasteiger partial charge in [-0.1, -0.05) is 24.3 Å². The van der Waals surface area contributed by atoms with E-state index in [4.69, 9.17) is 5.26 Å². The number of anilines is 3. The Balaban J connectivity index is 1.88. The first-order valence-electron chi connectivity index (χ1n) is 8.03. The Kier molecular flexibility index (Phi) is 5.06. The number of aryl methyl sites for hydroxylation is 1. The molecule has 7 heteroatoms. The zero-order valence-electron chi connectivity index (χ0n) is 14.4. The molecule has 1 amide bonds. The molecule has 2 N–H and O–H groups in total. The quantitative estimate of drug-likeness (QED) is 0.741. The molecule has 0 spiro atoms. The van der Waals surface area contributed by atoms with Gasteiger partial charge in [0, 0.05) is 6.07 Å². The van der Waals surface area contributed by atoms with Crippen LogP contribution in [0.1, 0.15) is 27.4 Å². The fourth-order valence-electron chi connectivity index (χ4n) is 2.45. The first kappa shape index (κ1) is 17.6. The van der Waals surface area contributed by atoms with Crippen LogP contribution in [0, 0.1) is 29.6 Å². The average Bonchev–Trinajstić information content (AvgIpc) is 2.68. The minimum Gasteiger partial charge on any atom is -0.339 e. The van der Waals surface area contributed by atoms with Crippen LogP contribution in [0.3, 0.4) is 0 Å². The van der Waals surface area contributed by atoms with Crippen molar-refractivity contribution in [1.82, 2.24) is 9.97 Å². The highest BCUT2D eigenvalue weighted by Crippen LogP contribution is 2.20. The number of carbonyl (C=O) groups is 1. The molecule has 0 saturated heterocycles. The van der Waals surface area contributed by atoms with Gasteiger partial charge in [-0.15, -0.1) is 0 Å². The van der Waals surface area contributed by atoms with Gasteiger partial charge in [-0.05, 0) is 31.2 Å². The lowest BCUT2D eigenvalue weighted by Gasteiger charge is -2.10. The largest absolute Gasteiger partial charge is 0.339 e. The maximum absolute atomic E-state index is 12.6. The summed E-state index contributed by atoms with van der Waals surface area (Å²) in [6.45, 7) is 1.67. The fraction of sp³-hybridized carbons (Fsp3) is 0.0500. The highest BCUT2D eigenvalue weighted by molar-refractivity contribution is 6.04. The summed E-state index contributed by atoms with van der Waals surface area (Å²) in [5, 5.41) is 24.1. The molecule has 3 aromatic rings. The lowest BCUT2D eigenvalue weighted by atomic mass is 10.2. The van der Waals surface area contributed by atoms with E-state index in [0.717, 1.165) is 0 Å². The third-order valence-corrected chi connectivity index (χ3v) is 3.68. The molecule has 0 atom stereocenters. The van der Waals surface area contributed by atoms with E-state index in [-0.39, 0.29) is 5.69 Å². The second-order valence-electron chi connectivity index (χ2n) is 5.58. The minimum absolute atomic E-state index is 0.146. The summed E-state index contributed by atoms with van der Waals surface area (Å²) < 4.78 is 0. The average molecular weight is 354 g/mol. The summed E-state index contributed by atoms with van der Waals surface area (Å²) in [5.41, 5.74) is 1.96. The van der Waals surface area contributed by atoms with Crippen LogP contribution in [0.5, 0.6) is 0 Å². The number of hydrogen-bond acceptors (Lipinski definition) is 6. The maximum Gasteiger partial charge on any atom is 0.274 e. The van der Waals surface area contributed by atoms with Crippen molar-refractivity contribution in [1.29, 1.82) is 10.5 Å². The van der Waals surface area contributed by atoms with Crippen LogP contribution in [0.4, 0.5) is 17.2 Å². The number of nitriles is 2. The zero-order valence-corrected chi connectivity index (χ0v) is 14.4. The molecule has 1 aromatic heterocycles. The number of rotatable bonds is 4. The third-order valence-electron chi connectivity index (χ3n) is 3.68. The molecule has 0 bridgehead atoms. The fourth-order valence-corrected chi connectivity index (χ4v) is 2.45. The van der Waals surface area contributed by atoms with Crippen LogP contribution >= 0.6 is 0 Å². The van der Waals surface area contributed by atoms with Crippen molar-refractivity contribution < 1.29 is 4.79 Å². The van der Waals surface area contributed by atoms with E-state index in [2.05, 4.69) is 26.7 Å². The van der Waals surface area contributed by atoms with Crippen molar-refractivity contribution in [2.24, 2.45) is 0 Å². The van der Waals surface area contributed by atoms with Crippen molar-refractivity contribution in [3.05, 3.63) is 77.2 Å². The number of amides is 1. The van der Waals surface area contributed by atoms with Crippen LogP contribution in [0.15, 0.2) is 54.6 Å². The van der Waals surface area contributed by atoms with Gasteiger partial charge in [0.15, 0.2) is 0 Å². The molecule has 0 fully saturated rings. The van der Waals surface area contributed by atoms with Gasteiger partial charge < -0.3 is 10.6 Å². The number of hydrogen-bond donors (Lipinski definition) is 2. The van der Waals surface area contributed by atoms with Crippen molar-refractivity contribution >= 4 is 23.1 Å². The summed E-state index contributed by atoms with van der Waals surface area (Å²) in [4.78, 5) is 21.0. The van der Waals surface area contributed by atoms with Gasteiger partial charge in [0.05, 0.1) is 22.5 Å². The smallest absolute Gasteiger partial charge is 0.274 e. The molecule has 0 aliphatic rings. The standard InChI is InChI=1S/C20H14N6O/c1-13-23-18(20(27)26-17-9-5-3-7-15(17)12-22)10-19(24-13)25-16-8-4-2-6-14(16)11-21/h2-10H,1H3,(H,26,27)(H,23,24,25). The van der Waals surface area contributed by atoms with E-state index in [1.165, 1.54) is 6.07 Å². The van der Waals surface area contributed by atoms with Gasteiger partial charge in [0.1, 0.15) is 29.5 Å². The first-order valence-corrected chi connectivity index (χ1v) is 8.03. The molecular weight excluding hydrogens is 340 g/mol. The number of aromatic nitrogens is 2. The van der Waals surface area contributed by atoms with Crippen LogP contribution in [-0.4, -0.2) is 15.9 Å². The Morgan fingerprint density at radius 3 is 2.19 bits per heavy atom. The van der Waals surface area contributed by atoms with Gasteiger partial charge in [0.2, 0.25) is 0 Å². The summed E-state index contributed by atoms with van der Waals surface area (Å²) in [5.74, 6) is 0.330. The van der Waals surface area contributed by atoms with Crippen molar-refractivity contribution in [3.8, 4) is 12.1 Å². The maximum atomic E-state index is 12.6. The lowest BCUT2D eigenvalue weighted by molar-refractivity contribution is 0.102. The molecule has 0 radical (unpaired) electrons. The molecule has 0 unspecified atom stereocenters. The predicted molar refractivity (Wildman–Crippen MR) is 100 cm³/mol. The van der Waals surface area contributed by atoms with Gasteiger partial charge in [-0.3, -0.25) is 4.79 Å². The normalized spacial score (nSPS) is 9.74. The Hall–Kier alpha value is -4.23. The van der Waals surface area contributed by atoms with Gasteiger partial charge in [-0.2, -0.15) is 10.5 Å². The van der Waals surface area contributed by atoms with Crippen LogP contribution in [-0.2, 0) is 0 Å². The lowest BCUT2D eigenvalue weighted by Crippen LogP contribution is -2.16. The number of carbonyl (C=O) groups excluding carboxylic acids is 1. The highest BCUT2D eigenvalue weighted by atomic mass is 16.1. The van der Waals surface area contributed by atoms with Gasteiger partial charge >= 0.3 is 0 Å². The third kappa shape index (κ3) is 4.06. The second-order valence-corrected chi connectivity index (χ2v) is 5.58. The number of para-hydroxylation sites is 2. The van der Waals surface area contributed by atoms with Gasteiger partial charge in [0.25, 0.3) is 5.91 Å². The van der Waals surface area contributed by atoms with E-state index in [1.807, 2.05) is 6.07 Å². The second kappa shape index (κ2) is 7.77. The van der Waals surface area contributed by atoms with Crippen LogP contribution in [0.25, 0.3) is 0 Å². The summed E-state index contributed by atoms with van der Waals surface area (Å²) in [6, 6.07) is 19.3. The van der Waals surface area contributed by atoms with Gasteiger partial charge in [-0.25, -0.2) is 9.97 Å². The first-order chi connectivity index (χ1) is 13.1. The minimum atomic E-state index is -0.459. The summed E-state index contributed by atoms with van der Waals surface area (Å²) in [6.07, 6.45) is 0. The zero-order chi connectivity index (χ0) is 19.2. The summed E-state index contributed by atoms with van der Waals surface area (Å²) >= 11 is 0. The monoisotopic (exact) mass is 354 g/mol.